The predicted molar refractivity (Wildman–Crippen MR) is 105 cm³/mol. The van der Waals surface area contributed by atoms with Crippen LogP contribution < -0.4 is 10.1 Å². The molecule has 0 unspecified atom stereocenters. The fourth-order valence-electron chi connectivity index (χ4n) is 3.16. The second-order valence-corrected chi connectivity index (χ2v) is 6.36. The summed E-state index contributed by atoms with van der Waals surface area (Å²) in [5.41, 5.74) is 3.26. The van der Waals surface area contributed by atoms with Gasteiger partial charge in [0.2, 0.25) is 0 Å². The summed E-state index contributed by atoms with van der Waals surface area (Å²) in [6, 6.07) is 18.3. The van der Waals surface area contributed by atoms with Crippen LogP contribution in [0.25, 0.3) is 22.2 Å². The first kappa shape index (κ1) is 18.5. The summed E-state index contributed by atoms with van der Waals surface area (Å²) < 4.78 is 7.41. The zero-order chi connectivity index (χ0) is 18.4. The van der Waals surface area contributed by atoms with Crippen molar-refractivity contribution in [1.82, 2.24) is 9.88 Å². The molecule has 0 amide bonds. The van der Waals surface area contributed by atoms with Crippen molar-refractivity contribution >= 4 is 10.9 Å². The molecule has 1 aromatic heterocycles. The Labute approximate surface area is 153 Å². The maximum atomic E-state index is 10.5. The highest BCUT2D eigenvalue weighted by Crippen LogP contribution is 2.29. The third-order valence-corrected chi connectivity index (χ3v) is 4.48. The molecule has 0 saturated heterocycles. The number of ether oxygens (including phenoxy) is 1. The molecule has 138 valence electrons. The Morgan fingerprint density at radius 2 is 1.88 bits per heavy atom. The molecule has 3 N–H and O–H groups in total. The van der Waals surface area contributed by atoms with Crippen molar-refractivity contribution in [3.05, 3.63) is 54.6 Å². The lowest BCUT2D eigenvalue weighted by molar-refractivity contribution is 0.152. The number of para-hydroxylation sites is 1. The number of methoxy groups -OCH3 is 1. The summed E-state index contributed by atoms with van der Waals surface area (Å²) in [5, 5.41) is 23.6. The maximum absolute atomic E-state index is 10.5. The van der Waals surface area contributed by atoms with Crippen LogP contribution in [0.2, 0.25) is 0 Å². The van der Waals surface area contributed by atoms with E-state index in [0.29, 0.717) is 26.1 Å². The Balaban J connectivity index is 1.87. The van der Waals surface area contributed by atoms with Gasteiger partial charge in [-0.3, -0.25) is 0 Å². The first-order valence-corrected chi connectivity index (χ1v) is 8.95. The third kappa shape index (κ3) is 4.25. The zero-order valence-electron chi connectivity index (χ0n) is 15.1. The van der Waals surface area contributed by atoms with E-state index in [9.17, 15) is 5.11 Å². The van der Waals surface area contributed by atoms with E-state index in [0.717, 1.165) is 27.9 Å². The third-order valence-electron chi connectivity index (χ3n) is 4.48. The largest absolute Gasteiger partial charge is 0.497 e. The topological polar surface area (TPSA) is 66.7 Å². The molecule has 5 heteroatoms. The van der Waals surface area contributed by atoms with Crippen LogP contribution >= 0.6 is 0 Å². The van der Waals surface area contributed by atoms with Crippen molar-refractivity contribution in [2.24, 2.45) is 0 Å². The van der Waals surface area contributed by atoms with E-state index in [1.165, 1.54) is 0 Å². The lowest BCUT2D eigenvalue weighted by Gasteiger charge is -2.17. The Kier molecular flexibility index (Phi) is 6.28. The van der Waals surface area contributed by atoms with Crippen LogP contribution in [0.4, 0.5) is 0 Å². The minimum Gasteiger partial charge on any atom is -0.497 e. The number of hydrogen-bond acceptors (Lipinski definition) is 4. The molecule has 0 aliphatic rings. The van der Waals surface area contributed by atoms with Crippen LogP contribution in [-0.4, -0.2) is 47.7 Å². The second kappa shape index (κ2) is 8.85. The fraction of sp³-hybridized carbons (Fsp3) is 0.333. The minimum atomic E-state index is -0.513. The van der Waals surface area contributed by atoms with Crippen LogP contribution in [0, 0.1) is 0 Å². The Hall–Kier alpha value is -2.34. The Morgan fingerprint density at radius 1 is 1.12 bits per heavy atom. The summed E-state index contributed by atoms with van der Waals surface area (Å²) in [4.78, 5) is 0. The van der Waals surface area contributed by atoms with E-state index >= 15 is 0 Å². The van der Waals surface area contributed by atoms with Crippen molar-refractivity contribution in [2.45, 2.75) is 19.1 Å². The predicted octanol–water partition coefficient (Wildman–Crippen LogP) is 2.65. The van der Waals surface area contributed by atoms with Gasteiger partial charge < -0.3 is 24.8 Å². The lowest BCUT2D eigenvalue weighted by atomic mass is 10.1. The minimum absolute atomic E-state index is 0.160. The van der Waals surface area contributed by atoms with Gasteiger partial charge in [-0.15, -0.1) is 0 Å². The van der Waals surface area contributed by atoms with Crippen LogP contribution in [0.15, 0.2) is 54.6 Å². The SMILES string of the molecule is COc1ccc(-c2cc3ccccc3n2C[C@H](O)CNCCCO)cc1. The highest BCUT2D eigenvalue weighted by atomic mass is 16.5. The van der Waals surface area contributed by atoms with Gasteiger partial charge in [0.25, 0.3) is 0 Å². The van der Waals surface area contributed by atoms with Gasteiger partial charge >= 0.3 is 0 Å². The lowest BCUT2D eigenvalue weighted by Crippen LogP contribution is -2.31. The fourth-order valence-corrected chi connectivity index (χ4v) is 3.16. The van der Waals surface area contributed by atoms with Crippen LogP contribution in [-0.2, 0) is 6.54 Å². The van der Waals surface area contributed by atoms with Gasteiger partial charge in [0.15, 0.2) is 0 Å². The number of aromatic nitrogens is 1. The normalized spacial score (nSPS) is 12.4. The zero-order valence-corrected chi connectivity index (χ0v) is 15.1. The quantitative estimate of drug-likeness (QED) is 0.517. The van der Waals surface area contributed by atoms with Crippen LogP contribution in [0.3, 0.4) is 0 Å². The van der Waals surface area contributed by atoms with Crippen molar-refractivity contribution in [3.8, 4) is 17.0 Å². The van der Waals surface area contributed by atoms with Gasteiger partial charge in [-0.2, -0.15) is 0 Å². The van der Waals surface area contributed by atoms with E-state index in [4.69, 9.17) is 9.84 Å². The molecule has 26 heavy (non-hydrogen) atoms. The molecule has 1 atom stereocenters. The molecule has 3 aromatic rings. The number of nitrogens with one attached hydrogen (secondary N) is 1. The van der Waals surface area contributed by atoms with Crippen molar-refractivity contribution < 1.29 is 14.9 Å². The number of rotatable bonds is 9. The Bertz CT molecular complexity index is 827. The number of hydrogen-bond donors (Lipinski definition) is 3. The number of aliphatic hydroxyl groups excluding tert-OH is 2. The highest BCUT2D eigenvalue weighted by Gasteiger charge is 2.14. The summed E-state index contributed by atoms with van der Waals surface area (Å²) in [7, 11) is 1.66. The number of fused-ring (bicyclic) bond motifs is 1. The van der Waals surface area contributed by atoms with Gasteiger partial charge in [0, 0.05) is 29.7 Å². The van der Waals surface area contributed by atoms with E-state index in [1.54, 1.807) is 7.11 Å². The molecule has 0 spiro atoms. The molecular formula is C21H26N2O3. The maximum Gasteiger partial charge on any atom is 0.118 e. The van der Waals surface area contributed by atoms with Crippen molar-refractivity contribution in [2.75, 3.05) is 26.8 Å². The monoisotopic (exact) mass is 354 g/mol. The summed E-state index contributed by atoms with van der Waals surface area (Å²) >= 11 is 0. The first-order chi connectivity index (χ1) is 12.7. The van der Waals surface area contributed by atoms with E-state index in [2.05, 4.69) is 28.1 Å². The van der Waals surface area contributed by atoms with Gasteiger partial charge in [0.1, 0.15) is 5.75 Å². The van der Waals surface area contributed by atoms with Gasteiger partial charge in [-0.25, -0.2) is 0 Å². The number of aliphatic hydroxyl groups is 2. The molecule has 3 rings (SSSR count). The van der Waals surface area contributed by atoms with Gasteiger partial charge in [-0.1, -0.05) is 18.2 Å². The van der Waals surface area contributed by atoms with Crippen molar-refractivity contribution in [3.63, 3.8) is 0 Å². The first-order valence-electron chi connectivity index (χ1n) is 8.95. The molecule has 1 heterocycles. The van der Waals surface area contributed by atoms with Crippen molar-refractivity contribution in [1.29, 1.82) is 0 Å². The average Bonchev–Trinajstić information content (AvgIpc) is 3.04. The smallest absolute Gasteiger partial charge is 0.118 e. The molecule has 0 aliphatic heterocycles. The van der Waals surface area contributed by atoms with Gasteiger partial charge in [-0.05, 0) is 54.9 Å². The molecule has 0 bridgehead atoms. The molecule has 0 fully saturated rings. The molecular weight excluding hydrogens is 328 g/mol. The molecule has 0 aliphatic carbocycles. The van der Waals surface area contributed by atoms with E-state index in [-0.39, 0.29) is 6.61 Å². The van der Waals surface area contributed by atoms with E-state index in [1.807, 2.05) is 36.4 Å². The van der Waals surface area contributed by atoms with Crippen LogP contribution in [0.1, 0.15) is 6.42 Å². The number of benzene rings is 2. The molecule has 5 nitrogen and oxygen atoms in total. The molecule has 0 radical (unpaired) electrons. The molecule has 0 saturated carbocycles. The standard InChI is InChI=1S/C21H26N2O3/c1-26-19-9-7-16(8-10-19)21-13-17-5-2-3-6-20(17)23(21)15-18(25)14-22-11-4-12-24/h2-3,5-10,13,18,22,24-25H,4,11-12,14-15H2,1H3/t18-/m1/s1. The highest BCUT2D eigenvalue weighted by molar-refractivity contribution is 5.87. The summed E-state index contributed by atoms with van der Waals surface area (Å²) in [6.07, 6.45) is 0.178. The number of nitrogens with zero attached hydrogens (tertiary/aromatic N) is 1. The average molecular weight is 354 g/mol. The summed E-state index contributed by atoms with van der Waals surface area (Å²) in [6.45, 7) is 1.85. The van der Waals surface area contributed by atoms with Crippen LogP contribution in [0.5, 0.6) is 5.75 Å². The summed E-state index contributed by atoms with van der Waals surface area (Å²) in [5.74, 6) is 0.824. The molecule has 2 aromatic carbocycles. The Morgan fingerprint density at radius 3 is 2.62 bits per heavy atom. The second-order valence-electron chi connectivity index (χ2n) is 6.36. The van der Waals surface area contributed by atoms with Gasteiger partial charge in [0.05, 0.1) is 19.8 Å². The van der Waals surface area contributed by atoms with E-state index < -0.39 is 6.10 Å².